The Hall–Kier alpha value is -4.65. The van der Waals surface area contributed by atoms with Crippen LogP contribution < -0.4 is 4.74 Å². The number of nitrogens with one attached hydrogen (secondary N) is 1. The number of carbonyl (C=O) groups is 2. The standard InChI is InChI=1S/C31H30N2O5/c1-2-27(23-6-5-7-26(19-23)38-17-4-3-8-29(34)35)31(24-14-15-28-25(18-24)20-32-33-28)22-12-9-21(10-13-22)11-16-30(36)37/h5-7,9-16,18-20H,2-4,8,17H2,1H3,(H,32,33)(H,34,35)(H,36,37). The number of fused-ring (bicyclic) bond motifs is 1. The molecule has 0 aliphatic heterocycles. The molecule has 4 rings (SSSR count). The minimum Gasteiger partial charge on any atom is -0.494 e. The summed E-state index contributed by atoms with van der Waals surface area (Å²) in [6.07, 6.45) is 6.66. The monoisotopic (exact) mass is 510 g/mol. The minimum absolute atomic E-state index is 0.140. The van der Waals surface area contributed by atoms with Crippen molar-refractivity contribution in [2.24, 2.45) is 0 Å². The number of aromatic amines is 1. The molecule has 0 fully saturated rings. The number of rotatable bonds is 12. The number of unbranched alkanes of at least 4 members (excludes halogenated alkanes) is 1. The molecule has 0 aliphatic carbocycles. The fourth-order valence-electron chi connectivity index (χ4n) is 4.41. The van der Waals surface area contributed by atoms with Gasteiger partial charge in [-0.15, -0.1) is 0 Å². The van der Waals surface area contributed by atoms with Gasteiger partial charge in [0.2, 0.25) is 0 Å². The first-order valence-corrected chi connectivity index (χ1v) is 12.6. The molecule has 0 amide bonds. The molecule has 0 bridgehead atoms. The SMILES string of the molecule is CCC(=C(c1ccc(C=CC(=O)O)cc1)c1ccc2[nH]ncc2c1)c1cccc(OCCCCC(=O)O)c1. The van der Waals surface area contributed by atoms with E-state index in [9.17, 15) is 9.59 Å². The van der Waals surface area contributed by atoms with Crippen molar-refractivity contribution in [3.8, 4) is 5.75 Å². The number of carboxylic acids is 2. The van der Waals surface area contributed by atoms with Crippen molar-refractivity contribution in [3.05, 3.63) is 101 Å². The van der Waals surface area contributed by atoms with Gasteiger partial charge in [0.1, 0.15) is 5.75 Å². The molecule has 0 saturated carbocycles. The number of ether oxygens (including phenoxy) is 1. The lowest BCUT2D eigenvalue weighted by atomic mass is 9.87. The average molecular weight is 511 g/mol. The summed E-state index contributed by atoms with van der Waals surface area (Å²) >= 11 is 0. The topological polar surface area (TPSA) is 113 Å². The minimum atomic E-state index is -0.986. The van der Waals surface area contributed by atoms with Gasteiger partial charge in [-0.1, -0.05) is 49.4 Å². The Bertz CT molecular complexity index is 1480. The second-order valence-electron chi connectivity index (χ2n) is 8.90. The van der Waals surface area contributed by atoms with Crippen LogP contribution in [-0.4, -0.2) is 39.0 Å². The van der Waals surface area contributed by atoms with Gasteiger partial charge in [-0.3, -0.25) is 9.89 Å². The van der Waals surface area contributed by atoms with E-state index in [1.165, 1.54) is 0 Å². The third-order valence-corrected chi connectivity index (χ3v) is 6.24. The Morgan fingerprint density at radius 1 is 0.947 bits per heavy atom. The number of allylic oxidation sites excluding steroid dienone is 1. The summed E-state index contributed by atoms with van der Waals surface area (Å²) in [6.45, 7) is 2.58. The van der Waals surface area contributed by atoms with E-state index in [-0.39, 0.29) is 6.42 Å². The summed E-state index contributed by atoms with van der Waals surface area (Å²) < 4.78 is 5.94. The van der Waals surface area contributed by atoms with Crippen LogP contribution in [0, 0.1) is 0 Å². The van der Waals surface area contributed by atoms with E-state index in [1.807, 2.05) is 48.5 Å². The van der Waals surface area contributed by atoms with Crippen molar-refractivity contribution < 1.29 is 24.5 Å². The first-order valence-electron chi connectivity index (χ1n) is 12.6. The van der Waals surface area contributed by atoms with E-state index < -0.39 is 11.9 Å². The number of aliphatic carboxylic acids is 2. The van der Waals surface area contributed by atoms with Crippen LogP contribution in [0.15, 0.2) is 79.0 Å². The molecule has 4 aromatic rings. The largest absolute Gasteiger partial charge is 0.494 e. The molecule has 7 nitrogen and oxygen atoms in total. The third-order valence-electron chi connectivity index (χ3n) is 6.24. The van der Waals surface area contributed by atoms with Gasteiger partial charge in [0.15, 0.2) is 0 Å². The predicted molar refractivity (Wildman–Crippen MR) is 149 cm³/mol. The summed E-state index contributed by atoms with van der Waals surface area (Å²) in [7, 11) is 0. The summed E-state index contributed by atoms with van der Waals surface area (Å²) in [4.78, 5) is 21.7. The second-order valence-corrected chi connectivity index (χ2v) is 8.90. The van der Waals surface area contributed by atoms with Crippen LogP contribution in [0.25, 0.3) is 28.1 Å². The lowest BCUT2D eigenvalue weighted by Crippen LogP contribution is -2.01. The lowest BCUT2D eigenvalue weighted by Gasteiger charge is -2.17. The highest BCUT2D eigenvalue weighted by atomic mass is 16.5. The van der Waals surface area contributed by atoms with Crippen molar-refractivity contribution >= 4 is 40.1 Å². The molecule has 1 heterocycles. The van der Waals surface area contributed by atoms with Crippen molar-refractivity contribution in [1.82, 2.24) is 10.2 Å². The smallest absolute Gasteiger partial charge is 0.328 e. The van der Waals surface area contributed by atoms with Crippen molar-refractivity contribution in [1.29, 1.82) is 0 Å². The Balaban J connectivity index is 1.73. The van der Waals surface area contributed by atoms with Crippen molar-refractivity contribution in [3.63, 3.8) is 0 Å². The normalized spacial score (nSPS) is 12.0. The van der Waals surface area contributed by atoms with Gasteiger partial charge >= 0.3 is 11.9 Å². The highest BCUT2D eigenvalue weighted by molar-refractivity contribution is 6.00. The van der Waals surface area contributed by atoms with E-state index in [1.54, 1.807) is 12.3 Å². The number of hydrogen-bond donors (Lipinski definition) is 3. The maximum Gasteiger partial charge on any atom is 0.328 e. The maximum absolute atomic E-state index is 10.9. The van der Waals surface area contributed by atoms with Crippen LogP contribution in [0.1, 0.15) is 54.9 Å². The van der Waals surface area contributed by atoms with Gasteiger partial charge in [0, 0.05) is 17.9 Å². The number of nitrogens with zero attached hydrogens (tertiary/aromatic N) is 1. The van der Waals surface area contributed by atoms with Gasteiger partial charge in [0.25, 0.3) is 0 Å². The molecular weight excluding hydrogens is 480 g/mol. The number of H-pyrrole nitrogens is 1. The molecule has 0 atom stereocenters. The summed E-state index contributed by atoms with van der Waals surface area (Å²) in [5, 5.41) is 26.0. The molecule has 0 saturated heterocycles. The molecule has 0 radical (unpaired) electrons. The molecule has 194 valence electrons. The quantitative estimate of drug-likeness (QED) is 0.112. The highest BCUT2D eigenvalue weighted by Crippen LogP contribution is 2.36. The van der Waals surface area contributed by atoms with E-state index in [4.69, 9.17) is 14.9 Å². The molecule has 38 heavy (non-hydrogen) atoms. The highest BCUT2D eigenvalue weighted by Gasteiger charge is 2.15. The molecule has 0 aliphatic rings. The summed E-state index contributed by atoms with van der Waals surface area (Å²) in [5.41, 5.74) is 7.06. The molecule has 7 heteroatoms. The van der Waals surface area contributed by atoms with Gasteiger partial charge in [-0.05, 0) is 83.0 Å². The predicted octanol–water partition coefficient (Wildman–Crippen LogP) is 6.66. The molecule has 3 N–H and O–H groups in total. The van der Waals surface area contributed by atoms with Crippen LogP contribution >= 0.6 is 0 Å². The van der Waals surface area contributed by atoms with Gasteiger partial charge < -0.3 is 14.9 Å². The van der Waals surface area contributed by atoms with Crippen LogP contribution in [-0.2, 0) is 9.59 Å². The van der Waals surface area contributed by atoms with Gasteiger partial charge in [0.05, 0.1) is 18.3 Å². The fraction of sp³-hybridized carbons (Fsp3) is 0.194. The van der Waals surface area contributed by atoms with Crippen molar-refractivity contribution in [2.75, 3.05) is 6.61 Å². The van der Waals surface area contributed by atoms with Crippen LogP contribution in [0.2, 0.25) is 0 Å². The van der Waals surface area contributed by atoms with E-state index >= 15 is 0 Å². The van der Waals surface area contributed by atoms with Gasteiger partial charge in [-0.2, -0.15) is 5.10 Å². The molecular formula is C31H30N2O5. The molecule has 1 aromatic heterocycles. The Labute approximate surface area is 221 Å². The summed E-state index contributed by atoms with van der Waals surface area (Å²) in [5.74, 6) is -1.04. The Morgan fingerprint density at radius 2 is 1.74 bits per heavy atom. The fourth-order valence-corrected chi connectivity index (χ4v) is 4.41. The number of benzene rings is 3. The summed E-state index contributed by atoms with van der Waals surface area (Å²) in [6, 6.07) is 22.0. The Morgan fingerprint density at radius 3 is 2.47 bits per heavy atom. The van der Waals surface area contributed by atoms with Gasteiger partial charge in [-0.25, -0.2) is 4.79 Å². The van der Waals surface area contributed by atoms with Crippen molar-refractivity contribution in [2.45, 2.75) is 32.6 Å². The van der Waals surface area contributed by atoms with E-state index in [2.05, 4.69) is 35.3 Å². The molecule has 0 unspecified atom stereocenters. The average Bonchev–Trinajstić information content (AvgIpc) is 3.39. The lowest BCUT2D eigenvalue weighted by molar-refractivity contribution is -0.137. The first-order chi connectivity index (χ1) is 18.4. The van der Waals surface area contributed by atoms with Crippen LogP contribution in [0.5, 0.6) is 5.75 Å². The number of carboxylic acid groups (broad SMARTS) is 2. The third kappa shape index (κ3) is 6.76. The first kappa shape index (κ1) is 26.4. The zero-order valence-electron chi connectivity index (χ0n) is 21.2. The zero-order chi connectivity index (χ0) is 26.9. The van der Waals surface area contributed by atoms with Crippen LogP contribution in [0.3, 0.4) is 0 Å². The van der Waals surface area contributed by atoms with Crippen LogP contribution in [0.4, 0.5) is 0 Å². The maximum atomic E-state index is 10.9. The number of hydrogen-bond acceptors (Lipinski definition) is 4. The van der Waals surface area contributed by atoms with E-state index in [0.29, 0.717) is 19.4 Å². The number of aromatic nitrogens is 2. The zero-order valence-corrected chi connectivity index (χ0v) is 21.2. The second kappa shape index (κ2) is 12.5. The Kier molecular flexibility index (Phi) is 8.72. The van der Waals surface area contributed by atoms with E-state index in [0.717, 1.165) is 62.5 Å². The molecule has 3 aromatic carbocycles. The molecule has 0 spiro atoms.